The molecule has 7 nitrogen and oxygen atoms in total. The van der Waals surface area contributed by atoms with Crippen LogP contribution in [0.4, 0.5) is 10.5 Å². The summed E-state index contributed by atoms with van der Waals surface area (Å²) in [5, 5.41) is 3.01. The van der Waals surface area contributed by atoms with Crippen molar-refractivity contribution in [2.24, 2.45) is 13.0 Å². The summed E-state index contributed by atoms with van der Waals surface area (Å²) in [6.07, 6.45) is 9.13. The lowest BCUT2D eigenvalue weighted by atomic mass is 9.93. The number of aromatic nitrogens is 3. The number of nitrogens with one attached hydrogen (secondary N) is 1. The zero-order valence-corrected chi connectivity index (χ0v) is 16.1. The minimum atomic E-state index is -0.0447. The minimum absolute atomic E-state index is 0.0447. The Morgan fingerprint density at radius 3 is 2.79 bits per heavy atom. The molecule has 3 aromatic rings. The van der Waals surface area contributed by atoms with Crippen molar-refractivity contribution in [2.45, 2.75) is 38.0 Å². The van der Waals surface area contributed by atoms with E-state index in [1.54, 1.807) is 0 Å². The molecule has 0 bridgehead atoms. The van der Waals surface area contributed by atoms with Gasteiger partial charge in [-0.15, -0.1) is 0 Å². The van der Waals surface area contributed by atoms with Crippen LogP contribution in [0.25, 0.3) is 11.1 Å². The first-order valence-electron chi connectivity index (χ1n) is 10.1. The number of imidazole rings is 1. The van der Waals surface area contributed by atoms with E-state index in [0.29, 0.717) is 11.8 Å². The second-order valence-corrected chi connectivity index (χ2v) is 8.03. The summed E-state index contributed by atoms with van der Waals surface area (Å²) in [5.74, 6) is 3.01. The molecule has 5 rings (SSSR count). The molecule has 3 heterocycles. The molecule has 1 saturated carbocycles. The van der Waals surface area contributed by atoms with Crippen LogP contribution >= 0.6 is 0 Å². The number of nitrogens with zero attached hydrogens (tertiary/aromatic N) is 4. The van der Waals surface area contributed by atoms with Gasteiger partial charge in [-0.05, 0) is 43.7 Å². The predicted octanol–water partition coefficient (Wildman–Crippen LogP) is 3.93. The smallest absolute Gasteiger partial charge is 0.321 e. The molecule has 2 aromatic heterocycles. The first-order valence-corrected chi connectivity index (χ1v) is 10.1. The zero-order chi connectivity index (χ0) is 19.1. The van der Waals surface area contributed by atoms with Crippen LogP contribution in [-0.4, -0.2) is 38.6 Å². The first kappa shape index (κ1) is 17.3. The number of hydrogen-bond acceptors (Lipinski definition) is 4. The largest absolute Gasteiger partial charge is 0.440 e. The van der Waals surface area contributed by atoms with Gasteiger partial charge in [-0.3, -0.25) is 0 Å². The van der Waals surface area contributed by atoms with E-state index in [4.69, 9.17) is 4.42 Å². The monoisotopic (exact) mass is 379 g/mol. The molecule has 2 fully saturated rings. The molecule has 146 valence electrons. The fourth-order valence-electron chi connectivity index (χ4n) is 3.92. The Morgan fingerprint density at radius 2 is 2.07 bits per heavy atom. The minimum Gasteiger partial charge on any atom is -0.440 e. The molecule has 0 atom stereocenters. The van der Waals surface area contributed by atoms with Gasteiger partial charge in [-0.25, -0.2) is 14.8 Å². The Bertz CT molecular complexity index is 995. The SMILES string of the molecule is Cn1ccnc1CC1CCN(C(=O)Nc2ccc3nc(C4CC4)oc3c2)CC1. The van der Waals surface area contributed by atoms with Crippen molar-refractivity contribution >= 4 is 22.8 Å². The number of urea groups is 1. The number of aryl methyl sites for hydroxylation is 1. The molecule has 2 amide bonds. The maximum atomic E-state index is 12.7. The molecule has 0 radical (unpaired) electrons. The van der Waals surface area contributed by atoms with Crippen molar-refractivity contribution in [3.05, 3.63) is 42.3 Å². The van der Waals surface area contributed by atoms with Crippen molar-refractivity contribution in [3.63, 3.8) is 0 Å². The first-order chi connectivity index (χ1) is 13.7. The Kier molecular flexibility index (Phi) is 4.30. The van der Waals surface area contributed by atoms with E-state index in [0.717, 1.165) is 73.7 Å². The van der Waals surface area contributed by atoms with Gasteiger partial charge < -0.3 is 19.2 Å². The number of rotatable bonds is 4. The van der Waals surface area contributed by atoms with Crippen LogP contribution in [0.15, 0.2) is 35.0 Å². The fraction of sp³-hybridized carbons (Fsp3) is 0.476. The second-order valence-electron chi connectivity index (χ2n) is 8.03. The molecule has 1 aromatic carbocycles. The molecule has 28 heavy (non-hydrogen) atoms. The number of carbonyl (C=O) groups excluding carboxylic acids is 1. The lowest BCUT2D eigenvalue weighted by Crippen LogP contribution is -2.41. The van der Waals surface area contributed by atoms with Gasteiger partial charge in [-0.2, -0.15) is 0 Å². The van der Waals surface area contributed by atoms with Crippen LogP contribution in [0.1, 0.15) is 43.3 Å². The number of likely N-dealkylation sites (tertiary alicyclic amines) is 1. The number of piperidine rings is 1. The van der Waals surface area contributed by atoms with E-state index in [1.165, 1.54) is 0 Å². The van der Waals surface area contributed by atoms with Gasteiger partial charge >= 0.3 is 6.03 Å². The van der Waals surface area contributed by atoms with Gasteiger partial charge in [0.1, 0.15) is 11.3 Å². The van der Waals surface area contributed by atoms with Crippen molar-refractivity contribution in [1.29, 1.82) is 0 Å². The van der Waals surface area contributed by atoms with E-state index in [9.17, 15) is 4.79 Å². The van der Waals surface area contributed by atoms with Crippen molar-refractivity contribution in [1.82, 2.24) is 19.4 Å². The molecule has 1 aliphatic carbocycles. The number of amides is 2. The number of carbonyl (C=O) groups is 1. The molecule has 7 heteroatoms. The lowest BCUT2D eigenvalue weighted by molar-refractivity contribution is 0.181. The second kappa shape index (κ2) is 6.96. The van der Waals surface area contributed by atoms with Gasteiger partial charge in [0.2, 0.25) is 0 Å². The molecule has 0 spiro atoms. The highest BCUT2D eigenvalue weighted by molar-refractivity contribution is 5.91. The van der Waals surface area contributed by atoms with Crippen molar-refractivity contribution in [3.8, 4) is 0 Å². The zero-order valence-electron chi connectivity index (χ0n) is 16.1. The van der Waals surface area contributed by atoms with Crippen LogP contribution in [-0.2, 0) is 13.5 Å². The van der Waals surface area contributed by atoms with Gasteiger partial charge in [0.05, 0.1) is 0 Å². The van der Waals surface area contributed by atoms with Crippen LogP contribution in [0, 0.1) is 5.92 Å². The molecule has 1 N–H and O–H groups in total. The average Bonchev–Trinajstić information content (AvgIpc) is 3.35. The lowest BCUT2D eigenvalue weighted by Gasteiger charge is -2.31. The van der Waals surface area contributed by atoms with Crippen LogP contribution < -0.4 is 5.32 Å². The predicted molar refractivity (Wildman–Crippen MR) is 106 cm³/mol. The molecule has 2 aliphatic rings. The summed E-state index contributed by atoms with van der Waals surface area (Å²) in [6, 6.07) is 5.64. The number of oxazole rings is 1. The Labute approximate surface area is 163 Å². The van der Waals surface area contributed by atoms with E-state index < -0.39 is 0 Å². The third-order valence-electron chi connectivity index (χ3n) is 5.88. The number of hydrogen-bond donors (Lipinski definition) is 1. The maximum absolute atomic E-state index is 12.7. The molecular weight excluding hydrogens is 354 g/mol. The van der Waals surface area contributed by atoms with Gasteiger partial charge in [-0.1, -0.05) is 0 Å². The van der Waals surface area contributed by atoms with Gasteiger partial charge in [0, 0.05) is 56.6 Å². The molecule has 0 unspecified atom stereocenters. The normalized spacial score (nSPS) is 18.0. The van der Waals surface area contributed by atoms with E-state index >= 15 is 0 Å². The van der Waals surface area contributed by atoms with Crippen LogP contribution in [0.5, 0.6) is 0 Å². The Morgan fingerprint density at radius 1 is 1.25 bits per heavy atom. The van der Waals surface area contributed by atoms with E-state index in [1.807, 2.05) is 42.5 Å². The average molecular weight is 379 g/mol. The highest BCUT2D eigenvalue weighted by atomic mass is 16.3. The van der Waals surface area contributed by atoms with E-state index in [-0.39, 0.29) is 6.03 Å². The maximum Gasteiger partial charge on any atom is 0.321 e. The quantitative estimate of drug-likeness (QED) is 0.745. The van der Waals surface area contributed by atoms with Gasteiger partial charge in [0.15, 0.2) is 11.5 Å². The summed E-state index contributed by atoms with van der Waals surface area (Å²) in [4.78, 5) is 23.5. The summed E-state index contributed by atoms with van der Waals surface area (Å²) >= 11 is 0. The third kappa shape index (κ3) is 3.48. The molecular formula is C21H25N5O2. The number of fused-ring (bicyclic) bond motifs is 1. The Hall–Kier alpha value is -2.83. The summed E-state index contributed by atoms with van der Waals surface area (Å²) in [6.45, 7) is 1.55. The van der Waals surface area contributed by atoms with Crippen molar-refractivity contribution < 1.29 is 9.21 Å². The van der Waals surface area contributed by atoms with Crippen molar-refractivity contribution in [2.75, 3.05) is 18.4 Å². The standard InChI is InChI=1S/C21H25N5O2/c1-25-11-8-22-19(25)12-14-6-9-26(10-7-14)21(27)23-16-4-5-17-18(13-16)28-20(24-17)15-2-3-15/h4-5,8,11,13-15H,2-3,6-7,9-10,12H2,1H3,(H,23,27). The summed E-state index contributed by atoms with van der Waals surface area (Å²) in [5.41, 5.74) is 2.36. The fourth-order valence-corrected chi connectivity index (χ4v) is 3.92. The third-order valence-corrected chi connectivity index (χ3v) is 5.88. The van der Waals surface area contributed by atoms with Crippen LogP contribution in [0.3, 0.4) is 0 Å². The van der Waals surface area contributed by atoms with Gasteiger partial charge in [0.25, 0.3) is 0 Å². The molecule has 1 aliphatic heterocycles. The highest BCUT2D eigenvalue weighted by Crippen LogP contribution is 2.40. The van der Waals surface area contributed by atoms with Crippen LogP contribution in [0.2, 0.25) is 0 Å². The number of anilines is 1. The molecule has 1 saturated heterocycles. The van der Waals surface area contributed by atoms with E-state index in [2.05, 4.69) is 19.9 Å². The summed E-state index contributed by atoms with van der Waals surface area (Å²) in [7, 11) is 2.03. The summed E-state index contributed by atoms with van der Waals surface area (Å²) < 4.78 is 7.93. The topological polar surface area (TPSA) is 76.2 Å². The Balaban J connectivity index is 1.18. The number of benzene rings is 1. The highest BCUT2D eigenvalue weighted by Gasteiger charge is 2.29.